The summed E-state index contributed by atoms with van der Waals surface area (Å²) in [5.41, 5.74) is 4.85. The van der Waals surface area contributed by atoms with Gasteiger partial charge in [0, 0.05) is 6.42 Å². The predicted molar refractivity (Wildman–Crippen MR) is 50.0 cm³/mol. The van der Waals surface area contributed by atoms with Crippen LogP contribution in [0.3, 0.4) is 0 Å². The van der Waals surface area contributed by atoms with Gasteiger partial charge in [-0.15, -0.1) is 0 Å². The highest BCUT2D eigenvalue weighted by Gasteiger charge is 2.38. The zero-order chi connectivity index (χ0) is 9.90. The average molecular weight is 183 g/mol. The van der Waals surface area contributed by atoms with E-state index in [-0.39, 0.29) is 11.7 Å². The molecule has 2 N–H and O–H groups in total. The lowest BCUT2D eigenvalue weighted by Crippen LogP contribution is -2.40. The summed E-state index contributed by atoms with van der Waals surface area (Å²) in [6.07, 6.45) is 5.13. The second-order valence-corrected chi connectivity index (χ2v) is 4.08. The van der Waals surface area contributed by atoms with E-state index in [0.29, 0.717) is 6.42 Å². The van der Waals surface area contributed by atoms with E-state index in [2.05, 4.69) is 0 Å². The molecular formula is C10H17NO2. The number of Topliss-reactive ketones (excluding diaryl/α,β-unsaturated/α-hetero) is 1. The van der Waals surface area contributed by atoms with Crippen molar-refractivity contribution in [2.75, 3.05) is 0 Å². The Morgan fingerprint density at radius 2 is 1.77 bits per heavy atom. The molecule has 1 saturated carbocycles. The minimum Gasteiger partial charge on any atom is -0.369 e. The fraction of sp³-hybridized carbons (Fsp3) is 0.800. The van der Waals surface area contributed by atoms with Gasteiger partial charge in [0.25, 0.3) is 0 Å². The summed E-state index contributed by atoms with van der Waals surface area (Å²) in [4.78, 5) is 22.3. The van der Waals surface area contributed by atoms with Crippen molar-refractivity contribution in [2.45, 2.75) is 45.4 Å². The highest BCUT2D eigenvalue weighted by Crippen LogP contribution is 2.39. The number of carbonyl (C=O) groups is 2. The number of rotatable bonds is 3. The molecule has 0 aromatic heterocycles. The Labute approximate surface area is 78.7 Å². The molecule has 0 bridgehead atoms. The van der Waals surface area contributed by atoms with Crippen molar-refractivity contribution >= 4 is 11.7 Å². The van der Waals surface area contributed by atoms with E-state index in [1.54, 1.807) is 0 Å². The highest BCUT2D eigenvalue weighted by molar-refractivity contribution is 5.87. The lowest BCUT2D eigenvalue weighted by Gasteiger charge is -2.33. The maximum absolute atomic E-state index is 11.3. The number of carbonyl (C=O) groups excluding carboxylic acids is 2. The summed E-state index contributed by atoms with van der Waals surface area (Å²) in [6.45, 7) is 1.53. The monoisotopic (exact) mass is 183 g/mol. The topological polar surface area (TPSA) is 60.2 Å². The van der Waals surface area contributed by atoms with Crippen molar-refractivity contribution in [2.24, 2.45) is 11.1 Å². The lowest BCUT2D eigenvalue weighted by molar-refractivity contribution is -0.134. The van der Waals surface area contributed by atoms with Gasteiger partial charge in [0.2, 0.25) is 5.91 Å². The van der Waals surface area contributed by atoms with Crippen LogP contribution < -0.4 is 5.73 Å². The molecule has 1 aliphatic rings. The minimum absolute atomic E-state index is 0.0701. The smallest absolute Gasteiger partial charge is 0.224 e. The summed E-state index contributed by atoms with van der Waals surface area (Å²) in [6, 6.07) is 0. The largest absolute Gasteiger partial charge is 0.369 e. The van der Waals surface area contributed by atoms with E-state index in [1.807, 2.05) is 0 Å². The summed E-state index contributed by atoms with van der Waals surface area (Å²) < 4.78 is 0. The molecular weight excluding hydrogens is 166 g/mol. The fourth-order valence-electron chi connectivity index (χ4n) is 2.22. The Morgan fingerprint density at radius 3 is 2.15 bits per heavy atom. The van der Waals surface area contributed by atoms with Crippen molar-refractivity contribution < 1.29 is 9.59 Å². The van der Waals surface area contributed by atoms with Gasteiger partial charge in [0.15, 0.2) is 0 Å². The van der Waals surface area contributed by atoms with Gasteiger partial charge in [-0.05, 0) is 19.8 Å². The van der Waals surface area contributed by atoms with Crippen LogP contribution in [0.1, 0.15) is 45.4 Å². The maximum atomic E-state index is 11.3. The van der Waals surface area contributed by atoms with Gasteiger partial charge in [-0.3, -0.25) is 9.59 Å². The molecule has 13 heavy (non-hydrogen) atoms. The minimum atomic E-state index is -0.510. The number of hydrogen-bond acceptors (Lipinski definition) is 2. The number of ketones is 1. The molecule has 0 aromatic rings. The molecule has 3 nitrogen and oxygen atoms in total. The third-order valence-corrected chi connectivity index (χ3v) is 2.92. The van der Waals surface area contributed by atoms with Gasteiger partial charge < -0.3 is 5.73 Å². The molecule has 3 heteroatoms. The van der Waals surface area contributed by atoms with Gasteiger partial charge in [-0.1, -0.05) is 19.3 Å². The summed E-state index contributed by atoms with van der Waals surface area (Å²) >= 11 is 0. The van der Waals surface area contributed by atoms with E-state index < -0.39 is 5.41 Å². The average Bonchev–Trinajstić information content (AvgIpc) is 2.04. The first-order valence-corrected chi connectivity index (χ1v) is 4.86. The van der Waals surface area contributed by atoms with Gasteiger partial charge in [-0.2, -0.15) is 0 Å². The van der Waals surface area contributed by atoms with Crippen LogP contribution in [0.2, 0.25) is 0 Å². The van der Waals surface area contributed by atoms with Crippen molar-refractivity contribution in [3.05, 3.63) is 0 Å². The van der Waals surface area contributed by atoms with Crippen LogP contribution in [0.4, 0.5) is 0 Å². The zero-order valence-corrected chi connectivity index (χ0v) is 8.14. The number of primary amides is 1. The fourth-order valence-corrected chi connectivity index (χ4v) is 2.22. The van der Waals surface area contributed by atoms with Crippen molar-refractivity contribution in [1.82, 2.24) is 0 Å². The third kappa shape index (κ3) is 2.29. The molecule has 0 aromatic carbocycles. The standard InChI is InChI=1S/C10H17NO2/c1-8(12)7-10(9(11)13)5-3-2-4-6-10/h2-7H2,1H3,(H2,11,13). The SMILES string of the molecule is CC(=O)CC1(C(N)=O)CCCCC1. The number of amides is 1. The Kier molecular flexibility index (Phi) is 3.07. The number of nitrogens with two attached hydrogens (primary N) is 1. The first kappa shape index (κ1) is 10.2. The molecule has 1 amide bonds. The van der Waals surface area contributed by atoms with Crippen molar-refractivity contribution in [3.8, 4) is 0 Å². The quantitative estimate of drug-likeness (QED) is 0.719. The van der Waals surface area contributed by atoms with Crippen LogP contribution >= 0.6 is 0 Å². The molecule has 74 valence electrons. The van der Waals surface area contributed by atoms with Crippen LogP contribution in [0.15, 0.2) is 0 Å². The molecule has 0 heterocycles. The normalized spacial score (nSPS) is 21.0. The molecule has 1 rings (SSSR count). The molecule has 1 aliphatic carbocycles. The Balaban J connectivity index is 2.73. The zero-order valence-electron chi connectivity index (χ0n) is 8.14. The van der Waals surface area contributed by atoms with Crippen molar-refractivity contribution in [3.63, 3.8) is 0 Å². The summed E-state index contributed by atoms with van der Waals surface area (Å²) in [5, 5.41) is 0. The maximum Gasteiger partial charge on any atom is 0.224 e. The third-order valence-electron chi connectivity index (χ3n) is 2.92. The first-order valence-electron chi connectivity index (χ1n) is 4.86. The second-order valence-electron chi connectivity index (χ2n) is 4.08. The molecule has 0 saturated heterocycles. The van der Waals surface area contributed by atoms with Crippen LogP contribution in [-0.4, -0.2) is 11.7 Å². The summed E-state index contributed by atoms with van der Waals surface area (Å²) in [5.74, 6) is -0.219. The van der Waals surface area contributed by atoms with E-state index >= 15 is 0 Å². The molecule has 0 spiro atoms. The van der Waals surface area contributed by atoms with E-state index in [0.717, 1.165) is 32.1 Å². The second kappa shape index (κ2) is 3.90. The molecule has 0 radical (unpaired) electrons. The van der Waals surface area contributed by atoms with Gasteiger partial charge in [-0.25, -0.2) is 0 Å². The number of hydrogen-bond donors (Lipinski definition) is 1. The lowest BCUT2D eigenvalue weighted by atomic mass is 9.70. The van der Waals surface area contributed by atoms with Crippen molar-refractivity contribution in [1.29, 1.82) is 0 Å². The van der Waals surface area contributed by atoms with Gasteiger partial charge in [0.05, 0.1) is 5.41 Å². The molecule has 0 unspecified atom stereocenters. The Bertz CT molecular complexity index is 217. The van der Waals surface area contributed by atoms with Crippen LogP contribution in [0, 0.1) is 5.41 Å². The summed E-state index contributed by atoms with van der Waals surface area (Å²) in [7, 11) is 0. The highest BCUT2D eigenvalue weighted by atomic mass is 16.1. The Morgan fingerprint density at radius 1 is 1.23 bits per heavy atom. The van der Waals surface area contributed by atoms with Crippen LogP contribution in [0.25, 0.3) is 0 Å². The molecule has 0 atom stereocenters. The van der Waals surface area contributed by atoms with E-state index in [9.17, 15) is 9.59 Å². The van der Waals surface area contributed by atoms with E-state index in [4.69, 9.17) is 5.73 Å². The van der Waals surface area contributed by atoms with Gasteiger partial charge >= 0.3 is 0 Å². The predicted octanol–water partition coefficient (Wildman–Crippen LogP) is 1.40. The molecule has 0 aliphatic heterocycles. The van der Waals surface area contributed by atoms with Gasteiger partial charge in [0.1, 0.15) is 5.78 Å². The van der Waals surface area contributed by atoms with E-state index in [1.165, 1.54) is 6.92 Å². The van der Waals surface area contributed by atoms with Crippen LogP contribution in [0.5, 0.6) is 0 Å². The Hall–Kier alpha value is -0.860. The molecule has 1 fully saturated rings. The van der Waals surface area contributed by atoms with Crippen LogP contribution in [-0.2, 0) is 9.59 Å². The first-order chi connectivity index (χ1) is 6.07.